The molecule has 0 aromatic carbocycles. The third-order valence-electron chi connectivity index (χ3n) is 1.69. The van der Waals surface area contributed by atoms with E-state index in [2.05, 4.69) is 4.99 Å². The van der Waals surface area contributed by atoms with Gasteiger partial charge in [-0.05, 0) is 13.8 Å². The fourth-order valence-corrected chi connectivity index (χ4v) is 1.12. The van der Waals surface area contributed by atoms with Crippen LogP contribution in [0, 0.1) is 0 Å². The Morgan fingerprint density at radius 1 is 1.62 bits per heavy atom. The van der Waals surface area contributed by atoms with E-state index >= 15 is 0 Å². The Kier molecular flexibility index (Phi) is 2.65. The predicted molar refractivity (Wildman–Crippen MR) is 57.6 cm³/mol. The molecule has 6 heteroatoms. The van der Waals surface area contributed by atoms with E-state index in [1.54, 1.807) is 13.8 Å². The van der Waals surface area contributed by atoms with Gasteiger partial charge in [0.25, 0.3) is 0 Å². The smallest absolute Gasteiger partial charge is 0.340 e. The number of rotatable bonds is 2. The van der Waals surface area contributed by atoms with Gasteiger partial charge in [-0.25, -0.2) is 9.79 Å². The molecule has 0 amide bonds. The third-order valence-corrected chi connectivity index (χ3v) is 2.95. The average molecular weight is 297 g/mol. The van der Waals surface area contributed by atoms with E-state index in [4.69, 9.17) is 16.2 Å². The first-order valence-electron chi connectivity index (χ1n) is 3.76. The van der Waals surface area contributed by atoms with Crippen molar-refractivity contribution in [1.29, 1.82) is 0 Å². The van der Waals surface area contributed by atoms with Gasteiger partial charge in [0.2, 0.25) is 5.90 Å². The topological polar surface area (TPSA) is 90.7 Å². The highest BCUT2D eigenvalue weighted by Gasteiger charge is 2.43. The Hall–Kier alpha value is -0.210. The molecule has 0 unspecified atom stereocenters. The van der Waals surface area contributed by atoms with Crippen LogP contribution in [0.2, 0.25) is 0 Å². The lowest BCUT2D eigenvalue weighted by Gasteiger charge is -2.19. The molecule has 1 aliphatic rings. The van der Waals surface area contributed by atoms with Crippen LogP contribution >= 0.6 is 22.6 Å². The first-order chi connectivity index (χ1) is 5.79. The minimum atomic E-state index is -1.15. The number of halogens is 1. The number of carbonyl (C=O) groups excluding carboxylic acids is 1. The number of hydrogen-bond donors (Lipinski definition) is 2. The van der Waals surface area contributed by atoms with Crippen molar-refractivity contribution in [3.63, 3.8) is 0 Å². The second-order valence-electron chi connectivity index (χ2n) is 3.54. The van der Waals surface area contributed by atoms with Crippen molar-refractivity contribution < 1.29 is 9.53 Å². The second-order valence-corrected chi connectivity index (χ2v) is 4.30. The molecule has 13 heavy (non-hydrogen) atoms. The number of nitrogens with zero attached hydrogens (tertiary/aromatic N) is 1. The van der Waals surface area contributed by atoms with Gasteiger partial charge in [0.05, 0.1) is 0 Å². The quantitative estimate of drug-likeness (QED) is 0.319. The zero-order valence-electron chi connectivity index (χ0n) is 7.50. The highest BCUT2D eigenvalue weighted by atomic mass is 127. The lowest BCUT2D eigenvalue weighted by atomic mass is 10.1. The summed E-state index contributed by atoms with van der Waals surface area (Å²) in [4.78, 5) is 15.3. The van der Waals surface area contributed by atoms with E-state index in [0.717, 1.165) is 0 Å². The lowest BCUT2D eigenvalue weighted by molar-refractivity contribution is -0.138. The number of alkyl halides is 1. The Morgan fingerprint density at radius 3 is 2.46 bits per heavy atom. The molecule has 5 nitrogen and oxygen atoms in total. The van der Waals surface area contributed by atoms with Crippen LogP contribution in [0.25, 0.3) is 0 Å². The van der Waals surface area contributed by atoms with Gasteiger partial charge in [-0.3, -0.25) is 0 Å². The van der Waals surface area contributed by atoms with Gasteiger partial charge in [-0.1, -0.05) is 22.6 Å². The molecule has 0 fully saturated rings. The van der Waals surface area contributed by atoms with E-state index in [1.807, 2.05) is 22.6 Å². The Bertz CT molecular complexity index is 273. The van der Waals surface area contributed by atoms with Crippen molar-refractivity contribution in [3.05, 3.63) is 0 Å². The third kappa shape index (κ3) is 2.00. The molecule has 4 N–H and O–H groups in total. The van der Waals surface area contributed by atoms with Crippen LogP contribution in [-0.4, -0.2) is 27.5 Å². The molecule has 0 bridgehead atoms. The van der Waals surface area contributed by atoms with Crippen LogP contribution in [0.3, 0.4) is 0 Å². The number of ether oxygens (including phenoxy) is 1. The maximum absolute atomic E-state index is 11.2. The van der Waals surface area contributed by atoms with Crippen LogP contribution in [0.15, 0.2) is 4.99 Å². The Balaban J connectivity index is 2.94. The number of nitrogens with two attached hydrogens (primary N) is 2. The number of hydrogen-bond acceptors (Lipinski definition) is 5. The predicted octanol–water partition coefficient (Wildman–Crippen LogP) is -0.231. The van der Waals surface area contributed by atoms with Gasteiger partial charge in [-0.2, -0.15) is 0 Å². The molecule has 1 aliphatic heterocycles. The van der Waals surface area contributed by atoms with Gasteiger partial charge in [0.15, 0.2) is 11.2 Å². The summed E-state index contributed by atoms with van der Waals surface area (Å²) < 4.78 is 5.33. The zero-order valence-corrected chi connectivity index (χ0v) is 9.66. The summed E-state index contributed by atoms with van der Waals surface area (Å²) in [6.45, 7) is 3.32. The van der Waals surface area contributed by atoms with Gasteiger partial charge < -0.3 is 16.2 Å². The molecule has 74 valence electrons. The number of esters is 1. The molecule has 0 spiro atoms. The van der Waals surface area contributed by atoms with E-state index in [9.17, 15) is 4.79 Å². The fraction of sp³-hybridized carbons (Fsp3) is 0.714. The highest BCUT2D eigenvalue weighted by molar-refractivity contribution is 14.1. The summed E-state index contributed by atoms with van der Waals surface area (Å²) in [5.74, 6) is -0.287. The van der Waals surface area contributed by atoms with Crippen LogP contribution in [0.5, 0.6) is 0 Å². The van der Waals surface area contributed by atoms with Gasteiger partial charge in [0.1, 0.15) is 0 Å². The largest absolute Gasteiger partial charge is 0.406 e. The second kappa shape index (κ2) is 3.18. The number of cyclic esters (lactones) is 1. The van der Waals surface area contributed by atoms with E-state index in [-0.39, 0.29) is 5.90 Å². The molecule has 0 aromatic rings. The van der Waals surface area contributed by atoms with E-state index < -0.39 is 17.2 Å². The SMILES string of the molecule is CC1(C)N=C(C(N)(N)CI)OC1=O. The first-order valence-corrected chi connectivity index (χ1v) is 5.28. The summed E-state index contributed by atoms with van der Waals surface area (Å²) in [6, 6.07) is 0. The molecule has 1 heterocycles. The molecular formula is C7H12IN3O2. The molecule has 0 aromatic heterocycles. The van der Waals surface area contributed by atoms with Crippen LogP contribution in [-0.2, 0) is 9.53 Å². The van der Waals surface area contributed by atoms with Crippen molar-refractivity contribution >= 4 is 34.5 Å². The van der Waals surface area contributed by atoms with Crippen LogP contribution in [0.4, 0.5) is 0 Å². The van der Waals surface area contributed by atoms with Crippen LogP contribution in [0.1, 0.15) is 13.8 Å². The Morgan fingerprint density at radius 2 is 2.15 bits per heavy atom. The summed E-state index contributed by atoms with van der Waals surface area (Å²) in [5, 5.41) is 0. The summed E-state index contributed by atoms with van der Waals surface area (Å²) in [5.41, 5.74) is 9.33. The molecular weight excluding hydrogens is 285 g/mol. The number of carbonyl (C=O) groups is 1. The fourth-order valence-electron chi connectivity index (χ4n) is 0.791. The highest BCUT2D eigenvalue weighted by Crippen LogP contribution is 2.22. The average Bonchev–Trinajstić information content (AvgIpc) is 2.28. The van der Waals surface area contributed by atoms with Gasteiger partial charge in [0, 0.05) is 4.43 Å². The molecule has 1 rings (SSSR count). The van der Waals surface area contributed by atoms with E-state index in [1.165, 1.54) is 0 Å². The van der Waals surface area contributed by atoms with Crippen LogP contribution < -0.4 is 11.5 Å². The lowest BCUT2D eigenvalue weighted by Crippen LogP contribution is -2.58. The van der Waals surface area contributed by atoms with Crippen molar-refractivity contribution in [2.24, 2.45) is 16.5 Å². The molecule has 0 saturated carbocycles. The van der Waals surface area contributed by atoms with E-state index in [0.29, 0.717) is 4.43 Å². The molecule has 0 saturated heterocycles. The maximum atomic E-state index is 11.2. The number of aliphatic imine (C=N–C) groups is 1. The standard InChI is InChI=1S/C7H12IN3O2/c1-6(2)5(12)13-4(11-6)7(9,10)3-8/h3,9-10H2,1-2H3. The maximum Gasteiger partial charge on any atom is 0.340 e. The van der Waals surface area contributed by atoms with Crippen molar-refractivity contribution in [1.82, 2.24) is 0 Å². The molecule has 0 aliphatic carbocycles. The van der Waals surface area contributed by atoms with Crippen molar-refractivity contribution in [3.8, 4) is 0 Å². The summed E-state index contributed by atoms with van der Waals surface area (Å²) in [7, 11) is 0. The van der Waals surface area contributed by atoms with Gasteiger partial charge >= 0.3 is 5.97 Å². The molecule has 0 atom stereocenters. The summed E-state index contributed by atoms with van der Waals surface area (Å²) >= 11 is 2.02. The first kappa shape index (κ1) is 10.9. The zero-order chi connectivity index (χ0) is 10.3. The van der Waals surface area contributed by atoms with Crippen molar-refractivity contribution in [2.45, 2.75) is 25.0 Å². The normalized spacial score (nSPS) is 21.3. The monoisotopic (exact) mass is 297 g/mol. The minimum Gasteiger partial charge on any atom is -0.406 e. The molecule has 0 radical (unpaired) electrons. The summed E-state index contributed by atoms with van der Waals surface area (Å²) in [6.07, 6.45) is 0. The van der Waals surface area contributed by atoms with Crippen molar-refractivity contribution in [2.75, 3.05) is 4.43 Å². The Labute approximate surface area is 90.0 Å². The minimum absolute atomic E-state index is 0.122. The van der Waals surface area contributed by atoms with Gasteiger partial charge in [-0.15, -0.1) is 0 Å².